The number of nitrogens with zero attached hydrogens (tertiary/aromatic N) is 3. The highest BCUT2D eigenvalue weighted by Gasteiger charge is 2.38. The lowest BCUT2D eigenvalue weighted by atomic mass is 9.95. The lowest BCUT2D eigenvalue weighted by Crippen LogP contribution is -2.38. The van der Waals surface area contributed by atoms with Crippen LogP contribution >= 0.6 is 11.6 Å². The first-order chi connectivity index (χ1) is 15.8. The summed E-state index contributed by atoms with van der Waals surface area (Å²) in [6.07, 6.45) is 5.43. The first-order valence-electron chi connectivity index (χ1n) is 11.8. The summed E-state index contributed by atoms with van der Waals surface area (Å²) in [5.74, 6) is 0.270. The maximum atomic E-state index is 13.1. The average Bonchev–Trinajstić information content (AvgIpc) is 3.17. The molecule has 0 saturated carbocycles. The molecular formula is C24H30ClN3O4S. The molecule has 3 aliphatic heterocycles. The second-order valence-electron chi connectivity index (χ2n) is 9.49. The number of carbonyl (C=O) groups excluding carboxylic acids is 1. The summed E-state index contributed by atoms with van der Waals surface area (Å²) in [5, 5.41) is 4.93. The number of likely N-dealkylation sites (tertiary alicyclic amines) is 1. The van der Waals surface area contributed by atoms with Crippen molar-refractivity contribution >= 4 is 27.2 Å². The van der Waals surface area contributed by atoms with Gasteiger partial charge in [0.2, 0.25) is 0 Å². The minimum atomic E-state index is -3.65. The van der Waals surface area contributed by atoms with E-state index in [-0.39, 0.29) is 33.2 Å². The third-order valence-electron chi connectivity index (χ3n) is 7.23. The first kappa shape index (κ1) is 23.0. The maximum Gasteiger partial charge on any atom is 0.184 e. The zero-order chi connectivity index (χ0) is 23.2. The molecule has 4 heterocycles. The SMILES string of the molecule is CC(=O)c1nn(C2CCCN(CCC3CCOCC3)C2)c2c1CS(=O)(=O)c1c(Cl)cccc1-2. The Morgan fingerprint density at radius 2 is 2.03 bits per heavy atom. The van der Waals surface area contributed by atoms with Gasteiger partial charge in [-0.15, -0.1) is 0 Å². The predicted octanol–water partition coefficient (Wildman–Crippen LogP) is 4.15. The summed E-state index contributed by atoms with van der Waals surface area (Å²) in [6.45, 7) is 6.13. The molecule has 1 atom stereocenters. The molecule has 0 radical (unpaired) electrons. The van der Waals surface area contributed by atoms with Crippen molar-refractivity contribution in [2.75, 3.05) is 32.8 Å². The van der Waals surface area contributed by atoms with Crippen molar-refractivity contribution in [2.45, 2.75) is 55.7 Å². The topological polar surface area (TPSA) is 81.5 Å². The van der Waals surface area contributed by atoms with Crippen LogP contribution in [0.15, 0.2) is 23.1 Å². The Kier molecular flexibility index (Phi) is 6.37. The van der Waals surface area contributed by atoms with Gasteiger partial charge in [0.05, 0.1) is 27.4 Å². The monoisotopic (exact) mass is 491 g/mol. The number of sulfone groups is 1. The van der Waals surface area contributed by atoms with Crippen molar-refractivity contribution < 1.29 is 17.9 Å². The third kappa shape index (κ3) is 4.38. The minimum absolute atomic E-state index is 0.0860. The van der Waals surface area contributed by atoms with Gasteiger partial charge in [-0.3, -0.25) is 9.48 Å². The number of piperidine rings is 1. The van der Waals surface area contributed by atoms with E-state index in [1.54, 1.807) is 18.2 Å². The predicted molar refractivity (Wildman–Crippen MR) is 126 cm³/mol. The van der Waals surface area contributed by atoms with Crippen LogP contribution in [0.4, 0.5) is 0 Å². The van der Waals surface area contributed by atoms with Gasteiger partial charge in [0.15, 0.2) is 15.6 Å². The van der Waals surface area contributed by atoms with Crippen LogP contribution in [-0.2, 0) is 20.3 Å². The number of hydrogen-bond acceptors (Lipinski definition) is 6. The van der Waals surface area contributed by atoms with Crippen molar-refractivity contribution in [3.63, 3.8) is 0 Å². The molecule has 1 aromatic carbocycles. The van der Waals surface area contributed by atoms with Crippen molar-refractivity contribution in [1.29, 1.82) is 0 Å². The Morgan fingerprint density at radius 3 is 2.79 bits per heavy atom. The van der Waals surface area contributed by atoms with Gasteiger partial charge >= 0.3 is 0 Å². The number of rotatable bonds is 5. The first-order valence-corrected chi connectivity index (χ1v) is 13.8. The highest BCUT2D eigenvalue weighted by Crippen LogP contribution is 2.44. The second-order valence-corrected chi connectivity index (χ2v) is 11.8. The fourth-order valence-corrected chi connectivity index (χ4v) is 7.74. The highest BCUT2D eigenvalue weighted by atomic mass is 35.5. The summed E-state index contributed by atoms with van der Waals surface area (Å²) in [4.78, 5) is 15.1. The van der Waals surface area contributed by atoms with Crippen LogP contribution in [0.2, 0.25) is 5.02 Å². The van der Waals surface area contributed by atoms with Gasteiger partial charge in [0, 0.05) is 37.8 Å². The summed E-state index contributed by atoms with van der Waals surface area (Å²) >= 11 is 6.35. The van der Waals surface area contributed by atoms with Gasteiger partial charge in [-0.2, -0.15) is 5.10 Å². The molecule has 0 N–H and O–H groups in total. The van der Waals surface area contributed by atoms with Gasteiger partial charge in [0.25, 0.3) is 0 Å². The van der Waals surface area contributed by atoms with E-state index >= 15 is 0 Å². The lowest BCUT2D eigenvalue weighted by Gasteiger charge is -2.35. The van der Waals surface area contributed by atoms with Gasteiger partial charge in [-0.05, 0) is 57.2 Å². The molecule has 1 unspecified atom stereocenters. The molecule has 9 heteroatoms. The quantitative estimate of drug-likeness (QED) is 0.584. The third-order valence-corrected chi connectivity index (χ3v) is 9.39. The van der Waals surface area contributed by atoms with Gasteiger partial charge < -0.3 is 9.64 Å². The molecule has 7 nitrogen and oxygen atoms in total. The second kappa shape index (κ2) is 9.13. The maximum absolute atomic E-state index is 13.1. The molecule has 2 aromatic rings. The number of ether oxygens (including phenoxy) is 1. The Morgan fingerprint density at radius 1 is 1.24 bits per heavy atom. The Balaban J connectivity index is 1.48. The number of hydrogen-bond donors (Lipinski definition) is 0. The molecule has 0 aliphatic carbocycles. The van der Waals surface area contributed by atoms with Crippen molar-refractivity contribution in [2.24, 2.45) is 5.92 Å². The Labute approximate surface area is 200 Å². The van der Waals surface area contributed by atoms with E-state index in [1.807, 2.05) is 4.68 Å². The van der Waals surface area contributed by atoms with Crippen LogP contribution in [-0.4, -0.2) is 61.7 Å². The van der Waals surface area contributed by atoms with E-state index in [0.717, 1.165) is 70.1 Å². The fraction of sp³-hybridized carbons (Fsp3) is 0.583. The highest BCUT2D eigenvalue weighted by molar-refractivity contribution is 7.91. The van der Waals surface area contributed by atoms with E-state index < -0.39 is 9.84 Å². The Bertz CT molecular complexity index is 1170. The summed E-state index contributed by atoms with van der Waals surface area (Å²) in [6, 6.07) is 5.24. The van der Waals surface area contributed by atoms with Crippen LogP contribution in [0.25, 0.3) is 11.3 Å². The number of benzene rings is 1. The number of fused-ring (bicyclic) bond motifs is 3. The van der Waals surface area contributed by atoms with Crippen molar-refractivity contribution in [1.82, 2.24) is 14.7 Å². The molecule has 0 bridgehead atoms. The normalized spacial score (nSPS) is 23.2. The number of aromatic nitrogens is 2. The standard InChI is InChI=1S/C24H30ClN3O4S/c1-16(29)22-20-15-33(30,31)24-19(5-2-6-21(24)25)23(20)28(26-22)18-4-3-10-27(14-18)11-7-17-8-12-32-13-9-17/h2,5-6,17-18H,3-4,7-15H2,1H3. The average molecular weight is 492 g/mol. The summed E-state index contributed by atoms with van der Waals surface area (Å²) in [7, 11) is -3.65. The zero-order valence-electron chi connectivity index (χ0n) is 18.9. The molecule has 33 heavy (non-hydrogen) atoms. The molecule has 5 rings (SSSR count). The molecule has 3 aliphatic rings. The molecule has 0 spiro atoms. The summed E-state index contributed by atoms with van der Waals surface area (Å²) < 4.78 is 33.5. The lowest BCUT2D eigenvalue weighted by molar-refractivity contribution is 0.0576. The zero-order valence-corrected chi connectivity index (χ0v) is 20.5. The van der Waals surface area contributed by atoms with Gasteiger partial charge in [-0.25, -0.2) is 8.42 Å². The molecule has 178 valence electrons. The van der Waals surface area contributed by atoms with Gasteiger partial charge in [0.1, 0.15) is 5.69 Å². The number of halogens is 1. The van der Waals surface area contributed by atoms with Crippen LogP contribution in [0.5, 0.6) is 0 Å². The van der Waals surface area contributed by atoms with E-state index in [2.05, 4.69) is 4.90 Å². The smallest absolute Gasteiger partial charge is 0.184 e. The number of ketones is 1. The van der Waals surface area contributed by atoms with Crippen LogP contribution in [0.1, 0.15) is 61.1 Å². The molecule has 2 fully saturated rings. The number of carbonyl (C=O) groups is 1. The minimum Gasteiger partial charge on any atom is -0.381 e. The Hall–Kier alpha value is -1.74. The van der Waals surface area contributed by atoms with E-state index in [9.17, 15) is 13.2 Å². The van der Waals surface area contributed by atoms with Gasteiger partial charge in [-0.1, -0.05) is 23.7 Å². The largest absolute Gasteiger partial charge is 0.381 e. The number of Topliss-reactive ketones (excluding diaryl/α,β-unsaturated/α-hetero) is 1. The van der Waals surface area contributed by atoms with Crippen LogP contribution in [0.3, 0.4) is 0 Å². The fourth-order valence-electron chi connectivity index (χ4n) is 5.55. The summed E-state index contributed by atoms with van der Waals surface area (Å²) in [5.41, 5.74) is 2.07. The van der Waals surface area contributed by atoms with E-state index in [0.29, 0.717) is 11.1 Å². The molecular weight excluding hydrogens is 462 g/mol. The molecule has 2 saturated heterocycles. The van der Waals surface area contributed by atoms with Crippen molar-refractivity contribution in [3.8, 4) is 11.3 Å². The van der Waals surface area contributed by atoms with Crippen LogP contribution in [0, 0.1) is 5.92 Å². The van der Waals surface area contributed by atoms with E-state index in [1.165, 1.54) is 13.3 Å². The van der Waals surface area contributed by atoms with E-state index in [4.69, 9.17) is 21.4 Å². The molecule has 0 amide bonds. The molecule has 1 aromatic heterocycles. The van der Waals surface area contributed by atoms with Crippen LogP contribution < -0.4 is 0 Å². The van der Waals surface area contributed by atoms with Crippen molar-refractivity contribution in [3.05, 3.63) is 34.5 Å².